The highest BCUT2D eigenvalue weighted by atomic mass is 35.5. The molecule has 15 heavy (non-hydrogen) atoms. The van der Waals surface area contributed by atoms with E-state index in [0.29, 0.717) is 15.9 Å². The topological polar surface area (TPSA) is 22.1 Å². The van der Waals surface area contributed by atoms with Gasteiger partial charge in [0.2, 0.25) is 0 Å². The van der Waals surface area contributed by atoms with Gasteiger partial charge in [-0.15, -0.1) is 0 Å². The SMILES string of the molecule is FC(F)Oc1cccc2c(Cl)ccnc12. The van der Waals surface area contributed by atoms with Gasteiger partial charge in [0, 0.05) is 11.6 Å². The van der Waals surface area contributed by atoms with Gasteiger partial charge in [-0.2, -0.15) is 8.78 Å². The van der Waals surface area contributed by atoms with E-state index in [1.165, 1.54) is 12.3 Å². The Morgan fingerprint density at radius 1 is 1.27 bits per heavy atom. The summed E-state index contributed by atoms with van der Waals surface area (Å²) in [5, 5.41) is 1.05. The minimum absolute atomic E-state index is 0.0324. The highest BCUT2D eigenvalue weighted by Gasteiger charge is 2.10. The molecule has 1 aromatic carbocycles. The van der Waals surface area contributed by atoms with Gasteiger partial charge in [-0.3, -0.25) is 4.98 Å². The van der Waals surface area contributed by atoms with E-state index >= 15 is 0 Å². The third kappa shape index (κ3) is 1.99. The van der Waals surface area contributed by atoms with Gasteiger partial charge in [0.05, 0.1) is 5.02 Å². The molecule has 78 valence electrons. The quantitative estimate of drug-likeness (QED) is 0.787. The zero-order valence-electron chi connectivity index (χ0n) is 7.45. The number of rotatable bonds is 2. The van der Waals surface area contributed by atoms with Crippen molar-refractivity contribution < 1.29 is 13.5 Å². The Morgan fingerprint density at radius 2 is 2.07 bits per heavy atom. The van der Waals surface area contributed by atoms with Crippen LogP contribution in [-0.2, 0) is 0 Å². The maximum atomic E-state index is 12.1. The fraction of sp³-hybridized carbons (Fsp3) is 0.100. The second kappa shape index (κ2) is 3.98. The summed E-state index contributed by atoms with van der Waals surface area (Å²) >= 11 is 5.88. The molecule has 0 atom stereocenters. The van der Waals surface area contributed by atoms with Gasteiger partial charge >= 0.3 is 6.61 Å². The van der Waals surface area contributed by atoms with Crippen LogP contribution in [0.5, 0.6) is 5.75 Å². The van der Waals surface area contributed by atoms with Gasteiger partial charge in [0.1, 0.15) is 5.52 Å². The summed E-state index contributed by atoms with van der Waals surface area (Å²) < 4.78 is 28.5. The van der Waals surface area contributed by atoms with Crippen LogP contribution >= 0.6 is 11.6 Å². The molecule has 0 radical (unpaired) electrons. The lowest BCUT2D eigenvalue weighted by atomic mass is 10.2. The Bertz CT molecular complexity index is 490. The van der Waals surface area contributed by atoms with Crippen molar-refractivity contribution in [2.45, 2.75) is 6.61 Å². The van der Waals surface area contributed by atoms with Crippen molar-refractivity contribution in [1.82, 2.24) is 4.98 Å². The van der Waals surface area contributed by atoms with Gasteiger partial charge in [-0.05, 0) is 12.1 Å². The normalized spacial score (nSPS) is 10.9. The summed E-state index contributed by atoms with van der Waals surface area (Å²) in [6.45, 7) is -2.86. The lowest BCUT2D eigenvalue weighted by Crippen LogP contribution is -2.02. The molecule has 1 aromatic heterocycles. The number of halogens is 3. The number of benzene rings is 1. The third-order valence-electron chi connectivity index (χ3n) is 1.90. The lowest BCUT2D eigenvalue weighted by molar-refractivity contribution is -0.0489. The average molecular weight is 230 g/mol. The number of fused-ring (bicyclic) bond motifs is 1. The van der Waals surface area contributed by atoms with Crippen molar-refractivity contribution >= 4 is 22.5 Å². The average Bonchev–Trinajstić information content (AvgIpc) is 2.19. The highest BCUT2D eigenvalue weighted by Crippen LogP contribution is 2.29. The van der Waals surface area contributed by atoms with E-state index in [9.17, 15) is 8.78 Å². The van der Waals surface area contributed by atoms with E-state index in [0.717, 1.165) is 0 Å². The molecule has 0 aliphatic carbocycles. The van der Waals surface area contributed by atoms with Crippen LogP contribution in [0.1, 0.15) is 0 Å². The monoisotopic (exact) mass is 229 g/mol. The van der Waals surface area contributed by atoms with Crippen LogP contribution in [-0.4, -0.2) is 11.6 Å². The highest BCUT2D eigenvalue weighted by molar-refractivity contribution is 6.35. The van der Waals surface area contributed by atoms with Crippen molar-refractivity contribution in [3.05, 3.63) is 35.5 Å². The Kier molecular flexibility index (Phi) is 2.68. The first kappa shape index (κ1) is 10.1. The Balaban J connectivity index is 2.61. The Hall–Kier alpha value is -1.42. The minimum Gasteiger partial charge on any atom is -0.432 e. The van der Waals surface area contributed by atoms with E-state index in [2.05, 4.69) is 9.72 Å². The number of hydrogen-bond acceptors (Lipinski definition) is 2. The van der Waals surface area contributed by atoms with Crippen LogP contribution in [0.25, 0.3) is 10.9 Å². The van der Waals surface area contributed by atoms with Crippen molar-refractivity contribution in [3.63, 3.8) is 0 Å². The second-order valence-corrected chi connectivity index (χ2v) is 3.23. The molecule has 0 unspecified atom stereocenters. The molecule has 2 rings (SSSR count). The van der Waals surface area contributed by atoms with E-state index in [1.807, 2.05) is 0 Å². The number of pyridine rings is 1. The van der Waals surface area contributed by atoms with Gasteiger partial charge in [-0.25, -0.2) is 0 Å². The van der Waals surface area contributed by atoms with Crippen molar-refractivity contribution in [3.8, 4) is 5.75 Å². The minimum atomic E-state index is -2.86. The molecular weight excluding hydrogens is 224 g/mol. The zero-order chi connectivity index (χ0) is 10.8. The van der Waals surface area contributed by atoms with Crippen LogP contribution in [0, 0.1) is 0 Å². The Labute approximate surface area is 89.4 Å². The van der Waals surface area contributed by atoms with Crippen molar-refractivity contribution in [2.24, 2.45) is 0 Å². The van der Waals surface area contributed by atoms with Crippen molar-refractivity contribution in [1.29, 1.82) is 0 Å². The van der Waals surface area contributed by atoms with Crippen LogP contribution in [0.4, 0.5) is 8.78 Å². The summed E-state index contributed by atoms with van der Waals surface area (Å²) in [5.41, 5.74) is 0.338. The van der Waals surface area contributed by atoms with E-state index in [4.69, 9.17) is 11.6 Å². The first-order valence-corrected chi connectivity index (χ1v) is 4.54. The van der Waals surface area contributed by atoms with Gasteiger partial charge in [-0.1, -0.05) is 23.7 Å². The molecule has 0 saturated carbocycles. The van der Waals surface area contributed by atoms with E-state index < -0.39 is 6.61 Å². The molecule has 2 aromatic rings. The second-order valence-electron chi connectivity index (χ2n) is 2.82. The van der Waals surface area contributed by atoms with Crippen LogP contribution in [0.2, 0.25) is 5.02 Å². The van der Waals surface area contributed by atoms with E-state index in [1.54, 1.807) is 18.2 Å². The molecule has 0 aliphatic heterocycles. The molecule has 0 N–H and O–H groups in total. The lowest BCUT2D eigenvalue weighted by Gasteiger charge is -2.07. The van der Waals surface area contributed by atoms with Crippen LogP contribution in [0.3, 0.4) is 0 Å². The Morgan fingerprint density at radius 3 is 2.80 bits per heavy atom. The molecule has 0 aliphatic rings. The maximum absolute atomic E-state index is 12.1. The number of para-hydroxylation sites is 1. The van der Waals surface area contributed by atoms with Gasteiger partial charge < -0.3 is 4.74 Å². The molecule has 0 bridgehead atoms. The standard InChI is InChI=1S/C10H6ClF2NO/c11-7-4-5-14-9-6(7)2-1-3-8(9)15-10(12)13/h1-5,10H. The number of ether oxygens (including phenoxy) is 1. The zero-order valence-corrected chi connectivity index (χ0v) is 8.21. The molecular formula is C10H6ClF2NO. The van der Waals surface area contributed by atoms with Gasteiger partial charge in [0.15, 0.2) is 5.75 Å². The summed E-state index contributed by atoms with van der Waals surface area (Å²) in [7, 11) is 0. The molecule has 2 nitrogen and oxygen atoms in total. The third-order valence-corrected chi connectivity index (χ3v) is 2.23. The predicted octanol–water partition coefficient (Wildman–Crippen LogP) is 3.49. The van der Waals surface area contributed by atoms with E-state index in [-0.39, 0.29) is 5.75 Å². The summed E-state index contributed by atoms with van der Waals surface area (Å²) in [6, 6.07) is 6.31. The fourth-order valence-electron chi connectivity index (χ4n) is 1.31. The molecule has 0 spiro atoms. The fourth-order valence-corrected chi connectivity index (χ4v) is 1.52. The first-order valence-electron chi connectivity index (χ1n) is 4.16. The maximum Gasteiger partial charge on any atom is 0.387 e. The molecule has 5 heteroatoms. The molecule has 1 heterocycles. The van der Waals surface area contributed by atoms with Crippen LogP contribution < -0.4 is 4.74 Å². The smallest absolute Gasteiger partial charge is 0.387 e. The summed E-state index contributed by atoms with van der Waals surface area (Å²) in [4.78, 5) is 3.95. The summed E-state index contributed by atoms with van der Waals surface area (Å²) in [6.07, 6.45) is 1.45. The molecule has 0 saturated heterocycles. The van der Waals surface area contributed by atoms with Crippen molar-refractivity contribution in [2.75, 3.05) is 0 Å². The first-order chi connectivity index (χ1) is 7.18. The number of hydrogen-bond donors (Lipinski definition) is 0. The van der Waals surface area contributed by atoms with Gasteiger partial charge in [0.25, 0.3) is 0 Å². The largest absolute Gasteiger partial charge is 0.432 e. The predicted molar refractivity (Wildman–Crippen MR) is 53.4 cm³/mol. The molecule has 0 fully saturated rings. The number of aromatic nitrogens is 1. The number of alkyl halides is 2. The number of nitrogens with zero attached hydrogens (tertiary/aromatic N) is 1. The van der Waals surface area contributed by atoms with Crippen LogP contribution in [0.15, 0.2) is 30.5 Å². The summed E-state index contributed by atoms with van der Waals surface area (Å²) in [5.74, 6) is 0.0324. The molecule has 0 amide bonds.